The van der Waals surface area contributed by atoms with Crippen LogP contribution in [0.3, 0.4) is 0 Å². The summed E-state index contributed by atoms with van der Waals surface area (Å²) in [4.78, 5) is 56.3. The Kier molecular flexibility index (Phi) is 10.2. The number of hydrazine groups is 1. The monoisotopic (exact) mass is 877 g/mol. The lowest BCUT2D eigenvalue weighted by atomic mass is 9.63. The van der Waals surface area contributed by atoms with Gasteiger partial charge in [-0.2, -0.15) is 0 Å². The van der Waals surface area contributed by atoms with Crippen LogP contribution in [0, 0.1) is 16.7 Å². The minimum atomic E-state index is -0.972. The standard InChI is InChI=1S/C48H59N7O7S/c1-27-30-18-48(19-30,62-27)45(58)51-39-41(53-24-47(25-53)13-8-14-47)42-50-36(23-63-42)29-11-12-37-33(17-29)34(20-46(3,4)26-61-44(57)35-10-7-16-54(52-35)43(39)56)40(55(37)31-21-60-22-31)32-9-6-15-49-38(32)28(2)59-5/h6,9,11-12,15,17,23,27-28,30-31,35,39,41,52H,7-8,10,13-14,16,18-22,24-26H2,1-5H3,(H,51,58)/t27-,28-,30?,35-,39-,41-,48?/m0/s1. The Morgan fingerprint density at radius 3 is 2.62 bits per heavy atom. The highest BCUT2D eigenvalue weighted by molar-refractivity contribution is 7.10. The molecule has 8 aliphatic rings. The molecule has 2 N–H and O–H groups in total. The van der Waals surface area contributed by atoms with Crippen molar-refractivity contribution in [3.63, 3.8) is 0 Å². The van der Waals surface area contributed by atoms with Crippen LogP contribution in [-0.4, -0.2) is 113 Å². The van der Waals surface area contributed by atoms with E-state index in [9.17, 15) is 9.59 Å². The number of rotatable bonds is 7. The summed E-state index contributed by atoms with van der Waals surface area (Å²) in [6.45, 7) is 11.7. The predicted octanol–water partition coefficient (Wildman–Crippen LogP) is 6.31. The summed E-state index contributed by atoms with van der Waals surface area (Å²) in [5, 5.41) is 8.80. The molecule has 2 aliphatic carbocycles. The van der Waals surface area contributed by atoms with Gasteiger partial charge >= 0.3 is 5.97 Å². The molecule has 3 aromatic heterocycles. The third-order valence-corrected chi connectivity index (χ3v) is 16.3. The van der Waals surface area contributed by atoms with Crippen molar-refractivity contribution in [2.45, 2.75) is 121 Å². The number of nitrogens with zero attached hydrogens (tertiary/aromatic N) is 5. The van der Waals surface area contributed by atoms with Gasteiger partial charge in [0.2, 0.25) is 0 Å². The fraction of sp³-hybridized carbons (Fsp3) is 0.604. The number of aromatic nitrogens is 3. The number of cyclic esters (lactones) is 1. The number of nitrogens with one attached hydrogen (secondary N) is 2. The number of hydrogen-bond donors (Lipinski definition) is 2. The summed E-state index contributed by atoms with van der Waals surface area (Å²) >= 11 is 1.54. The van der Waals surface area contributed by atoms with Crippen LogP contribution >= 0.6 is 11.3 Å². The van der Waals surface area contributed by atoms with E-state index in [4.69, 9.17) is 28.9 Å². The highest BCUT2D eigenvalue weighted by atomic mass is 32.1. The molecule has 12 rings (SSSR count). The summed E-state index contributed by atoms with van der Waals surface area (Å²) in [7, 11) is 1.71. The van der Waals surface area contributed by atoms with Crippen molar-refractivity contribution < 1.29 is 33.3 Å². The first-order valence-electron chi connectivity index (χ1n) is 23.0. The zero-order chi connectivity index (χ0) is 43.4. The minimum Gasteiger partial charge on any atom is -0.464 e. The van der Waals surface area contributed by atoms with Crippen LogP contribution in [0.2, 0.25) is 0 Å². The molecule has 14 nitrogen and oxygen atoms in total. The van der Waals surface area contributed by atoms with Crippen molar-refractivity contribution in [2.24, 2.45) is 16.7 Å². The Labute approximate surface area is 372 Å². The van der Waals surface area contributed by atoms with Gasteiger partial charge in [0.1, 0.15) is 22.7 Å². The van der Waals surface area contributed by atoms with Gasteiger partial charge in [0.25, 0.3) is 11.8 Å². The lowest BCUT2D eigenvalue weighted by Crippen LogP contribution is -2.68. The number of benzene rings is 1. The number of ether oxygens (including phenoxy) is 4. The van der Waals surface area contributed by atoms with Gasteiger partial charge < -0.3 is 28.8 Å². The Balaban J connectivity index is 1.07. The van der Waals surface area contributed by atoms with Crippen LogP contribution in [0.4, 0.5) is 0 Å². The number of likely N-dealkylation sites (tertiary alicyclic amines) is 1. The molecular formula is C48H59N7O7S. The van der Waals surface area contributed by atoms with E-state index in [1.165, 1.54) is 17.8 Å². The number of carbonyl (C=O) groups is 3. The molecule has 5 atom stereocenters. The van der Waals surface area contributed by atoms with Gasteiger partial charge in [0.05, 0.1) is 61.2 Å². The highest BCUT2D eigenvalue weighted by Gasteiger charge is 2.62. The fourth-order valence-corrected chi connectivity index (χ4v) is 12.5. The second kappa shape index (κ2) is 15.4. The average molecular weight is 878 g/mol. The average Bonchev–Trinajstić information content (AvgIpc) is 3.99. The highest BCUT2D eigenvalue weighted by Crippen LogP contribution is 2.54. The van der Waals surface area contributed by atoms with Gasteiger partial charge in [-0.1, -0.05) is 26.3 Å². The molecule has 1 aromatic carbocycles. The third kappa shape index (κ3) is 6.95. The molecule has 7 fully saturated rings. The number of amides is 2. The smallest absolute Gasteiger partial charge is 0.324 e. The zero-order valence-electron chi connectivity index (χ0n) is 37.0. The molecular weight excluding hydrogens is 819 g/mol. The molecule has 15 heteroatoms. The van der Waals surface area contributed by atoms with E-state index >= 15 is 4.79 Å². The maximum Gasteiger partial charge on any atom is 0.324 e. The zero-order valence-corrected chi connectivity index (χ0v) is 37.8. The number of methoxy groups -OCH3 is 1. The second-order valence-electron chi connectivity index (χ2n) is 20.4. The van der Waals surface area contributed by atoms with Crippen LogP contribution in [0.1, 0.15) is 107 Å². The molecule has 0 unspecified atom stereocenters. The summed E-state index contributed by atoms with van der Waals surface area (Å²) in [5.41, 5.74) is 9.01. The van der Waals surface area contributed by atoms with E-state index in [2.05, 4.69) is 63.7 Å². The van der Waals surface area contributed by atoms with Crippen molar-refractivity contribution in [1.82, 2.24) is 35.2 Å². The number of carbonyl (C=O) groups excluding carboxylic acids is 3. The SMILES string of the molecule is CO[C@@H](C)c1ncccc1-c1c2c3cc(ccc3n1C1COC1)-c1csc(n1)[C@@H](N1CC3(CCC3)C1)[C@H](NC(=O)C13CC(C1)[C@H](C)O3)C(=O)N1CCC[C@H](N1)C(=O)OCC(C)(C)C2. The molecule has 1 spiro atoms. The van der Waals surface area contributed by atoms with E-state index in [-0.39, 0.29) is 42.1 Å². The van der Waals surface area contributed by atoms with Crippen molar-refractivity contribution in [3.8, 4) is 22.5 Å². The summed E-state index contributed by atoms with van der Waals surface area (Å²) in [5.74, 6) is -0.580. The number of thiazole rings is 1. The largest absolute Gasteiger partial charge is 0.464 e. The molecule has 8 bridgehead atoms. The van der Waals surface area contributed by atoms with Gasteiger partial charge in [-0.15, -0.1) is 11.3 Å². The molecule has 334 valence electrons. The molecule has 63 heavy (non-hydrogen) atoms. The van der Waals surface area contributed by atoms with E-state index in [0.717, 1.165) is 75.6 Å². The maximum absolute atomic E-state index is 15.2. The van der Waals surface area contributed by atoms with Gasteiger partial charge in [-0.05, 0) is 100.0 Å². The van der Waals surface area contributed by atoms with Crippen LogP contribution < -0.4 is 10.7 Å². The third-order valence-electron chi connectivity index (χ3n) is 15.4. The first-order valence-corrected chi connectivity index (χ1v) is 23.9. The van der Waals surface area contributed by atoms with Gasteiger partial charge in [0.15, 0.2) is 0 Å². The lowest BCUT2D eigenvalue weighted by Gasteiger charge is -2.59. The normalized spacial score (nSPS) is 30.7. The number of esters is 1. The molecule has 2 saturated carbocycles. The summed E-state index contributed by atoms with van der Waals surface area (Å²) < 4.78 is 26.7. The molecule has 9 heterocycles. The van der Waals surface area contributed by atoms with E-state index < -0.39 is 35.1 Å². The maximum atomic E-state index is 15.2. The molecule has 0 radical (unpaired) electrons. The Morgan fingerprint density at radius 2 is 1.92 bits per heavy atom. The Bertz CT molecular complexity index is 2460. The quantitative estimate of drug-likeness (QED) is 0.202. The topological polar surface area (TPSA) is 149 Å². The minimum absolute atomic E-state index is 0.00310. The second-order valence-corrected chi connectivity index (χ2v) is 21.3. The van der Waals surface area contributed by atoms with E-state index in [1.807, 2.05) is 26.1 Å². The predicted molar refractivity (Wildman–Crippen MR) is 236 cm³/mol. The van der Waals surface area contributed by atoms with Crippen molar-refractivity contribution in [2.75, 3.05) is 46.6 Å². The van der Waals surface area contributed by atoms with Crippen LogP contribution in [0.15, 0.2) is 41.9 Å². The van der Waals surface area contributed by atoms with Gasteiger partial charge in [-0.3, -0.25) is 29.3 Å². The first-order chi connectivity index (χ1) is 30.3. The van der Waals surface area contributed by atoms with Crippen LogP contribution in [0.5, 0.6) is 0 Å². The molecule has 6 aliphatic heterocycles. The summed E-state index contributed by atoms with van der Waals surface area (Å²) in [6, 6.07) is 8.61. The Hall–Kier alpha value is -4.25. The number of hydrogen-bond acceptors (Lipinski definition) is 12. The number of pyridine rings is 1. The van der Waals surface area contributed by atoms with Crippen molar-refractivity contribution >= 4 is 40.0 Å². The molecule has 4 aromatic rings. The van der Waals surface area contributed by atoms with Gasteiger partial charge in [0, 0.05) is 65.8 Å². The Morgan fingerprint density at radius 1 is 1.11 bits per heavy atom. The molecule has 2 amide bonds. The summed E-state index contributed by atoms with van der Waals surface area (Å²) in [6.07, 6.45) is 8.13. The van der Waals surface area contributed by atoms with Gasteiger partial charge in [-0.25, -0.2) is 10.4 Å². The van der Waals surface area contributed by atoms with Crippen LogP contribution in [-0.2, 0) is 39.8 Å². The van der Waals surface area contributed by atoms with Crippen LogP contribution in [0.25, 0.3) is 33.4 Å². The lowest BCUT2D eigenvalue weighted by molar-refractivity contribution is -0.160. The van der Waals surface area contributed by atoms with E-state index in [0.29, 0.717) is 57.8 Å². The molecule has 5 saturated heterocycles. The first kappa shape index (κ1) is 41.5. The van der Waals surface area contributed by atoms with E-state index in [1.54, 1.807) is 12.1 Å². The number of fused-ring (bicyclic) bond motifs is 7. The van der Waals surface area contributed by atoms with Crippen molar-refractivity contribution in [3.05, 3.63) is 58.2 Å². The van der Waals surface area contributed by atoms with Crippen molar-refractivity contribution in [1.29, 1.82) is 0 Å². The fourth-order valence-electron chi connectivity index (χ4n) is 11.5.